The molecule has 1 aromatic heterocycles. The molecule has 1 radical (unpaired) electrons. The summed E-state index contributed by atoms with van der Waals surface area (Å²) in [6.07, 6.45) is 3.85. The van der Waals surface area contributed by atoms with E-state index in [9.17, 15) is 8.42 Å². The first kappa shape index (κ1) is 10.6. The number of nitrogens with zero attached hydrogens (tertiary/aromatic N) is 3. The first-order valence-corrected chi connectivity index (χ1v) is 6.68. The Labute approximate surface area is 99.2 Å². The standard InChI is InChI=1S/C11H10N3O2S/c15-17(16,14-7-2-8-14)10-4-1-3-9-11(10)13-6-5-12-9/h1,3-7H,2,8H2. The van der Waals surface area contributed by atoms with Gasteiger partial charge in [-0.05, 0) is 18.6 Å². The lowest BCUT2D eigenvalue weighted by atomic mass is 10.3. The number of rotatable bonds is 2. The molecule has 1 aliphatic rings. The van der Waals surface area contributed by atoms with Gasteiger partial charge in [0, 0.05) is 25.5 Å². The molecule has 0 spiro atoms. The molecule has 5 nitrogen and oxygen atoms in total. The molecule has 1 fully saturated rings. The van der Waals surface area contributed by atoms with Crippen molar-refractivity contribution in [1.82, 2.24) is 14.3 Å². The minimum atomic E-state index is -3.45. The number of fused-ring (bicyclic) bond motifs is 1. The summed E-state index contributed by atoms with van der Waals surface area (Å²) in [5, 5.41) is 0. The van der Waals surface area contributed by atoms with Gasteiger partial charge in [-0.3, -0.25) is 9.97 Å². The zero-order valence-corrected chi connectivity index (χ0v) is 9.76. The Bertz CT molecular complexity index is 660. The summed E-state index contributed by atoms with van der Waals surface area (Å²) < 4.78 is 25.9. The molecule has 17 heavy (non-hydrogen) atoms. The third kappa shape index (κ3) is 1.60. The van der Waals surface area contributed by atoms with Gasteiger partial charge >= 0.3 is 0 Å². The maximum absolute atomic E-state index is 12.3. The predicted octanol–water partition coefficient (Wildman–Crippen LogP) is 1.19. The Morgan fingerprint density at radius 2 is 1.94 bits per heavy atom. The van der Waals surface area contributed by atoms with Crippen molar-refractivity contribution >= 4 is 21.1 Å². The third-order valence-electron chi connectivity index (χ3n) is 2.73. The first-order valence-electron chi connectivity index (χ1n) is 5.24. The predicted molar refractivity (Wildman–Crippen MR) is 62.3 cm³/mol. The molecule has 87 valence electrons. The van der Waals surface area contributed by atoms with Crippen molar-refractivity contribution in [3.05, 3.63) is 37.1 Å². The minimum absolute atomic E-state index is 0.221. The van der Waals surface area contributed by atoms with Gasteiger partial charge in [0.05, 0.1) is 5.52 Å². The van der Waals surface area contributed by atoms with Crippen molar-refractivity contribution < 1.29 is 8.42 Å². The molecule has 2 aromatic rings. The van der Waals surface area contributed by atoms with Crippen LogP contribution in [0.25, 0.3) is 11.0 Å². The monoisotopic (exact) mass is 248 g/mol. The van der Waals surface area contributed by atoms with E-state index in [1.807, 2.05) is 0 Å². The lowest BCUT2D eigenvalue weighted by Gasteiger charge is -2.29. The third-order valence-corrected chi connectivity index (χ3v) is 4.56. The Hall–Kier alpha value is -1.53. The topological polar surface area (TPSA) is 63.2 Å². The van der Waals surface area contributed by atoms with Crippen molar-refractivity contribution in [2.24, 2.45) is 0 Å². The van der Waals surface area contributed by atoms with Crippen molar-refractivity contribution in [3.8, 4) is 0 Å². The second kappa shape index (κ2) is 3.75. The molecule has 0 unspecified atom stereocenters. The molecule has 0 aliphatic carbocycles. The quantitative estimate of drug-likeness (QED) is 0.800. The highest BCUT2D eigenvalue weighted by molar-refractivity contribution is 7.89. The highest BCUT2D eigenvalue weighted by atomic mass is 32.2. The number of para-hydroxylation sites is 1. The number of hydrogen-bond acceptors (Lipinski definition) is 4. The second-order valence-corrected chi connectivity index (χ2v) is 5.63. The average Bonchev–Trinajstić information content (AvgIpc) is 2.25. The van der Waals surface area contributed by atoms with Gasteiger partial charge in [-0.25, -0.2) is 8.42 Å². The van der Waals surface area contributed by atoms with Crippen LogP contribution in [0, 0.1) is 6.54 Å². The molecule has 1 aliphatic heterocycles. The molecule has 0 N–H and O–H groups in total. The van der Waals surface area contributed by atoms with Crippen molar-refractivity contribution in [1.29, 1.82) is 0 Å². The van der Waals surface area contributed by atoms with E-state index < -0.39 is 10.0 Å². The highest BCUT2D eigenvalue weighted by Gasteiger charge is 2.31. The van der Waals surface area contributed by atoms with Gasteiger partial charge < -0.3 is 0 Å². The van der Waals surface area contributed by atoms with E-state index >= 15 is 0 Å². The SMILES string of the molecule is O=S(=O)(c1cccc2nccnc12)N1[CH]CC1. The number of benzene rings is 1. The zero-order valence-electron chi connectivity index (χ0n) is 8.94. The summed E-state index contributed by atoms with van der Waals surface area (Å²) in [6.45, 7) is 2.21. The minimum Gasteiger partial charge on any atom is -0.253 e. The van der Waals surface area contributed by atoms with E-state index in [4.69, 9.17) is 0 Å². The number of sulfonamides is 1. The van der Waals surface area contributed by atoms with E-state index in [1.54, 1.807) is 30.9 Å². The van der Waals surface area contributed by atoms with Crippen LogP contribution in [0.4, 0.5) is 0 Å². The van der Waals surface area contributed by atoms with Crippen LogP contribution in [0.2, 0.25) is 0 Å². The van der Waals surface area contributed by atoms with Gasteiger partial charge in [-0.15, -0.1) is 0 Å². The largest absolute Gasteiger partial charge is 0.253 e. The Morgan fingerprint density at radius 3 is 2.65 bits per heavy atom. The van der Waals surface area contributed by atoms with Crippen LogP contribution < -0.4 is 0 Å². The molecule has 0 amide bonds. The molecule has 0 saturated carbocycles. The molecule has 0 bridgehead atoms. The van der Waals surface area contributed by atoms with Gasteiger partial charge in [0.1, 0.15) is 10.4 Å². The lowest BCUT2D eigenvalue weighted by molar-refractivity contribution is 0.379. The van der Waals surface area contributed by atoms with Gasteiger partial charge in [0.15, 0.2) is 0 Å². The van der Waals surface area contributed by atoms with Crippen LogP contribution in [0.3, 0.4) is 0 Å². The molecule has 0 atom stereocenters. The van der Waals surface area contributed by atoms with E-state index in [-0.39, 0.29) is 4.90 Å². The lowest BCUT2D eigenvalue weighted by Crippen LogP contribution is -2.37. The fourth-order valence-corrected chi connectivity index (χ4v) is 3.31. The molecule has 1 saturated heterocycles. The Morgan fingerprint density at radius 1 is 1.18 bits per heavy atom. The van der Waals surface area contributed by atoms with Crippen molar-refractivity contribution in [2.45, 2.75) is 11.3 Å². The van der Waals surface area contributed by atoms with Crippen LogP contribution >= 0.6 is 0 Å². The van der Waals surface area contributed by atoms with Crippen LogP contribution in [0.1, 0.15) is 6.42 Å². The zero-order chi connectivity index (χ0) is 11.9. The summed E-state index contributed by atoms with van der Waals surface area (Å²) >= 11 is 0. The summed E-state index contributed by atoms with van der Waals surface area (Å²) in [7, 11) is -3.45. The fraction of sp³-hybridized carbons (Fsp3) is 0.182. The van der Waals surface area contributed by atoms with Crippen molar-refractivity contribution in [2.75, 3.05) is 6.54 Å². The molecule has 1 aromatic carbocycles. The summed E-state index contributed by atoms with van der Waals surface area (Å²) in [6, 6.07) is 5.00. The van der Waals surface area contributed by atoms with Gasteiger partial charge in [0.2, 0.25) is 10.0 Å². The first-order chi connectivity index (χ1) is 8.19. The molecule has 2 heterocycles. The van der Waals surface area contributed by atoms with Gasteiger partial charge in [0.25, 0.3) is 0 Å². The summed E-state index contributed by atoms with van der Waals surface area (Å²) in [5.74, 6) is 0. The maximum atomic E-state index is 12.3. The van der Waals surface area contributed by atoms with Crippen LogP contribution in [-0.4, -0.2) is 29.2 Å². The Kier molecular flexibility index (Phi) is 2.34. The van der Waals surface area contributed by atoms with Crippen LogP contribution in [0.15, 0.2) is 35.5 Å². The molecule has 6 heteroatoms. The molecule has 3 rings (SSSR count). The van der Waals surface area contributed by atoms with Gasteiger partial charge in [-0.2, -0.15) is 4.31 Å². The summed E-state index contributed by atoms with van der Waals surface area (Å²) in [5.41, 5.74) is 1.02. The average molecular weight is 248 g/mol. The number of hydrogen-bond donors (Lipinski definition) is 0. The van der Waals surface area contributed by atoms with E-state index in [2.05, 4.69) is 9.97 Å². The highest BCUT2D eigenvalue weighted by Crippen LogP contribution is 2.27. The normalized spacial score (nSPS) is 16.9. The van der Waals surface area contributed by atoms with E-state index in [1.165, 1.54) is 10.5 Å². The Balaban J connectivity index is 2.23. The maximum Gasteiger partial charge on any atom is 0.245 e. The molecular weight excluding hydrogens is 238 g/mol. The number of aromatic nitrogens is 2. The molecular formula is C11H10N3O2S. The fourth-order valence-electron chi connectivity index (χ4n) is 1.75. The van der Waals surface area contributed by atoms with E-state index in [0.29, 0.717) is 17.6 Å². The van der Waals surface area contributed by atoms with E-state index in [0.717, 1.165) is 6.42 Å². The van der Waals surface area contributed by atoms with Crippen molar-refractivity contribution in [3.63, 3.8) is 0 Å². The smallest absolute Gasteiger partial charge is 0.245 e. The van der Waals surface area contributed by atoms with Crippen LogP contribution in [-0.2, 0) is 10.0 Å². The van der Waals surface area contributed by atoms with Gasteiger partial charge in [-0.1, -0.05) is 6.07 Å². The summed E-state index contributed by atoms with van der Waals surface area (Å²) in [4.78, 5) is 8.43. The van der Waals surface area contributed by atoms with Crippen LogP contribution in [0.5, 0.6) is 0 Å². The second-order valence-electron chi connectivity index (χ2n) is 3.77.